The second kappa shape index (κ2) is 7.16. The van der Waals surface area contributed by atoms with Crippen molar-refractivity contribution < 1.29 is 9.59 Å². The van der Waals surface area contributed by atoms with Gasteiger partial charge >= 0.3 is 0 Å². The Morgan fingerprint density at radius 1 is 1.18 bits per heavy atom. The zero-order valence-electron chi connectivity index (χ0n) is 15.6. The number of para-hydroxylation sites is 1. The van der Waals surface area contributed by atoms with E-state index in [4.69, 9.17) is 0 Å². The molecule has 7 heteroatoms. The van der Waals surface area contributed by atoms with Gasteiger partial charge in [0.15, 0.2) is 4.75 Å². The van der Waals surface area contributed by atoms with Crippen molar-refractivity contribution in [2.24, 2.45) is 0 Å². The van der Waals surface area contributed by atoms with Gasteiger partial charge in [-0.15, -0.1) is 0 Å². The highest BCUT2D eigenvalue weighted by Gasteiger charge is 2.48. The Morgan fingerprint density at radius 3 is 2.61 bits per heavy atom. The molecule has 1 unspecified atom stereocenters. The van der Waals surface area contributed by atoms with E-state index in [1.165, 1.54) is 11.8 Å². The molecular formula is C21H20N4O2S. The van der Waals surface area contributed by atoms with Crippen LogP contribution in [-0.4, -0.2) is 32.7 Å². The quantitative estimate of drug-likeness (QED) is 0.687. The Hall–Kier alpha value is -3.06. The average Bonchev–Trinajstić information content (AvgIpc) is 3.24. The van der Waals surface area contributed by atoms with Crippen LogP contribution in [0.4, 0.5) is 11.4 Å². The Kier molecular flexibility index (Phi) is 4.68. The maximum Gasteiger partial charge on any atom is 0.252 e. The van der Waals surface area contributed by atoms with E-state index in [1.54, 1.807) is 24.3 Å². The average molecular weight is 392 g/mol. The summed E-state index contributed by atoms with van der Waals surface area (Å²) < 4.78 is 0.650. The summed E-state index contributed by atoms with van der Waals surface area (Å²) in [5.74, 6) is -0.530. The van der Waals surface area contributed by atoms with E-state index in [9.17, 15) is 9.59 Å². The standard InChI is InChI=1S/C21H20N4O2S/c1-3-25-17-6-4-5-7-18(17)28-21(2,20(25)27)19(26)23-15-8-10-16(11-9-15)24-13-12-22-14-24/h4-14H,3H2,1-2H3,(H,23,26). The van der Waals surface area contributed by atoms with Gasteiger partial charge in [0.25, 0.3) is 5.91 Å². The van der Waals surface area contributed by atoms with Crippen molar-refractivity contribution in [2.75, 3.05) is 16.8 Å². The lowest BCUT2D eigenvalue weighted by atomic mass is 10.1. The van der Waals surface area contributed by atoms with Gasteiger partial charge in [-0.25, -0.2) is 4.98 Å². The van der Waals surface area contributed by atoms with Crippen LogP contribution in [0.15, 0.2) is 72.1 Å². The molecule has 3 aromatic rings. The summed E-state index contributed by atoms with van der Waals surface area (Å²) in [5, 5.41) is 2.90. The second-order valence-corrected chi connectivity index (χ2v) is 8.08. The molecule has 2 heterocycles. The number of amides is 2. The molecule has 4 rings (SSSR count). The van der Waals surface area contributed by atoms with Crippen molar-refractivity contribution >= 4 is 35.0 Å². The number of carbonyl (C=O) groups excluding carboxylic acids is 2. The summed E-state index contributed by atoms with van der Waals surface area (Å²) in [6.45, 7) is 4.12. The smallest absolute Gasteiger partial charge is 0.252 e. The van der Waals surface area contributed by atoms with Gasteiger partial charge in [-0.2, -0.15) is 0 Å². The van der Waals surface area contributed by atoms with Crippen LogP contribution in [0.3, 0.4) is 0 Å². The molecule has 28 heavy (non-hydrogen) atoms. The van der Waals surface area contributed by atoms with E-state index in [-0.39, 0.29) is 11.8 Å². The van der Waals surface area contributed by atoms with Gasteiger partial charge < -0.3 is 14.8 Å². The molecule has 142 valence electrons. The number of hydrogen-bond donors (Lipinski definition) is 1. The monoisotopic (exact) mass is 392 g/mol. The SMILES string of the molecule is CCN1C(=O)C(C)(C(=O)Nc2ccc(-n3ccnc3)cc2)Sc2ccccc21. The third kappa shape index (κ3) is 3.07. The van der Waals surface area contributed by atoms with E-state index in [2.05, 4.69) is 10.3 Å². The highest BCUT2D eigenvalue weighted by molar-refractivity contribution is 8.02. The molecule has 6 nitrogen and oxygen atoms in total. The normalized spacial score (nSPS) is 18.6. The third-order valence-electron chi connectivity index (χ3n) is 4.80. The summed E-state index contributed by atoms with van der Waals surface area (Å²) in [6, 6.07) is 15.1. The van der Waals surface area contributed by atoms with Crippen molar-refractivity contribution in [2.45, 2.75) is 23.5 Å². The summed E-state index contributed by atoms with van der Waals surface area (Å²) >= 11 is 1.30. The number of benzene rings is 2. The number of fused-ring (bicyclic) bond motifs is 1. The lowest BCUT2D eigenvalue weighted by Gasteiger charge is -2.38. The van der Waals surface area contributed by atoms with E-state index in [0.29, 0.717) is 12.2 Å². The Morgan fingerprint density at radius 2 is 1.93 bits per heavy atom. The Bertz CT molecular complexity index is 1020. The van der Waals surface area contributed by atoms with E-state index < -0.39 is 4.75 Å². The van der Waals surface area contributed by atoms with Gasteiger partial charge in [-0.3, -0.25) is 9.59 Å². The molecule has 1 N–H and O–H groups in total. The maximum atomic E-state index is 13.1. The number of hydrogen-bond acceptors (Lipinski definition) is 4. The van der Waals surface area contributed by atoms with Crippen LogP contribution in [-0.2, 0) is 9.59 Å². The van der Waals surface area contributed by atoms with Crippen molar-refractivity contribution in [3.05, 3.63) is 67.3 Å². The third-order valence-corrected chi connectivity index (χ3v) is 6.13. The fourth-order valence-electron chi connectivity index (χ4n) is 3.23. The fourth-order valence-corrected chi connectivity index (χ4v) is 4.44. The summed E-state index contributed by atoms with van der Waals surface area (Å²) in [6.07, 6.45) is 5.27. The molecule has 0 aliphatic carbocycles. The number of imidazole rings is 1. The molecular weight excluding hydrogens is 372 g/mol. The van der Waals surface area contributed by atoms with Crippen LogP contribution < -0.4 is 10.2 Å². The minimum Gasteiger partial charge on any atom is -0.324 e. The minimum atomic E-state index is -1.23. The van der Waals surface area contributed by atoms with Crippen LogP contribution in [0, 0.1) is 0 Å². The summed E-state index contributed by atoms with van der Waals surface area (Å²) in [5.41, 5.74) is 2.44. The van der Waals surface area contributed by atoms with E-state index in [1.807, 2.05) is 66.2 Å². The summed E-state index contributed by atoms with van der Waals surface area (Å²) in [4.78, 5) is 32.8. The number of nitrogens with one attached hydrogen (secondary N) is 1. The van der Waals surface area contributed by atoms with E-state index in [0.717, 1.165) is 16.3 Å². The molecule has 1 aliphatic heterocycles. The first-order chi connectivity index (χ1) is 13.5. The molecule has 2 aromatic carbocycles. The molecule has 2 amide bonds. The second-order valence-electron chi connectivity index (χ2n) is 6.62. The molecule has 0 fully saturated rings. The molecule has 0 radical (unpaired) electrons. The number of thioether (sulfide) groups is 1. The van der Waals surface area contributed by atoms with Crippen molar-refractivity contribution in [1.82, 2.24) is 9.55 Å². The number of carbonyl (C=O) groups is 2. The Labute approximate surface area is 167 Å². The first-order valence-corrected chi connectivity index (χ1v) is 9.84. The van der Waals surface area contributed by atoms with Crippen LogP contribution in [0.25, 0.3) is 5.69 Å². The van der Waals surface area contributed by atoms with Crippen LogP contribution in [0.1, 0.15) is 13.8 Å². The molecule has 1 aromatic heterocycles. The highest BCUT2D eigenvalue weighted by Crippen LogP contribution is 2.45. The van der Waals surface area contributed by atoms with Gasteiger partial charge in [-0.1, -0.05) is 23.9 Å². The number of aromatic nitrogens is 2. The van der Waals surface area contributed by atoms with Gasteiger partial charge in [0.2, 0.25) is 5.91 Å². The highest BCUT2D eigenvalue weighted by atomic mass is 32.2. The lowest BCUT2D eigenvalue weighted by molar-refractivity contribution is -0.128. The number of rotatable bonds is 4. The number of nitrogens with zero attached hydrogens (tertiary/aromatic N) is 3. The van der Waals surface area contributed by atoms with Gasteiger partial charge in [-0.05, 0) is 50.2 Å². The first kappa shape index (κ1) is 18.3. The van der Waals surface area contributed by atoms with Crippen molar-refractivity contribution in [1.29, 1.82) is 0 Å². The molecule has 0 saturated heterocycles. The van der Waals surface area contributed by atoms with Crippen molar-refractivity contribution in [3.8, 4) is 5.69 Å². The van der Waals surface area contributed by atoms with Gasteiger partial charge in [0, 0.05) is 35.2 Å². The van der Waals surface area contributed by atoms with E-state index >= 15 is 0 Å². The predicted octanol–water partition coefficient (Wildman–Crippen LogP) is 3.73. The molecule has 0 saturated carbocycles. The van der Waals surface area contributed by atoms with Crippen LogP contribution in [0.2, 0.25) is 0 Å². The van der Waals surface area contributed by atoms with Gasteiger partial charge in [0.05, 0.1) is 12.0 Å². The molecule has 1 atom stereocenters. The van der Waals surface area contributed by atoms with Crippen LogP contribution >= 0.6 is 11.8 Å². The Balaban J connectivity index is 1.58. The molecule has 0 bridgehead atoms. The zero-order chi connectivity index (χ0) is 19.7. The topological polar surface area (TPSA) is 67.2 Å². The molecule has 0 spiro atoms. The zero-order valence-corrected chi connectivity index (χ0v) is 16.4. The van der Waals surface area contributed by atoms with Gasteiger partial charge in [0.1, 0.15) is 0 Å². The van der Waals surface area contributed by atoms with Crippen molar-refractivity contribution in [3.63, 3.8) is 0 Å². The van der Waals surface area contributed by atoms with Crippen LogP contribution in [0.5, 0.6) is 0 Å². The minimum absolute atomic E-state index is 0.203. The largest absolute Gasteiger partial charge is 0.324 e. The summed E-state index contributed by atoms with van der Waals surface area (Å²) in [7, 11) is 0. The maximum absolute atomic E-state index is 13.1. The fraction of sp³-hybridized carbons (Fsp3) is 0.190. The lowest BCUT2D eigenvalue weighted by Crippen LogP contribution is -2.54. The number of anilines is 2. The first-order valence-electron chi connectivity index (χ1n) is 9.03. The predicted molar refractivity (Wildman–Crippen MR) is 111 cm³/mol. The molecule has 1 aliphatic rings.